The van der Waals surface area contributed by atoms with Crippen molar-refractivity contribution in [3.8, 4) is 0 Å². The number of carbonyl (C=O) groups excluding carboxylic acids is 1. The summed E-state index contributed by atoms with van der Waals surface area (Å²) in [5.74, 6) is -0.298. The van der Waals surface area contributed by atoms with Gasteiger partial charge in [-0.05, 0) is 34.7 Å². The highest BCUT2D eigenvalue weighted by Crippen LogP contribution is 2.29. The van der Waals surface area contributed by atoms with Crippen molar-refractivity contribution in [2.75, 3.05) is 5.32 Å². The summed E-state index contributed by atoms with van der Waals surface area (Å²) in [7, 11) is 0. The van der Waals surface area contributed by atoms with Gasteiger partial charge in [0.25, 0.3) is 5.91 Å². The quantitative estimate of drug-likeness (QED) is 0.427. The van der Waals surface area contributed by atoms with Crippen molar-refractivity contribution in [1.29, 1.82) is 0 Å². The number of benzene rings is 1. The molecule has 1 N–H and O–H groups in total. The van der Waals surface area contributed by atoms with Crippen molar-refractivity contribution in [1.82, 2.24) is 19.6 Å². The number of thiophene rings is 1. The number of aromatic nitrogens is 4. The number of hydrogen-bond donors (Lipinski definition) is 1. The molecular weight excluding hydrogens is 451 g/mol. The lowest BCUT2D eigenvalue weighted by Crippen LogP contribution is -2.10. The smallest absolute Gasteiger partial charge is 0.319 e. The zero-order valence-electron chi connectivity index (χ0n) is 15.8. The lowest BCUT2D eigenvalue weighted by molar-refractivity contribution is -0.137. The molecule has 3 heterocycles. The molecule has 0 radical (unpaired) electrons. The molecule has 1 amide bonds. The van der Waals surface area contributed by atoms with E-state index in [1.54, 1.807) is 35.4 Å². The Balaban J connectivity index is 1.38. The summed E-state index contributed by atoms with van der Waals surface area (Å²) in [4.78, 5) is 13.0. The van der Waals surface area contributed by atoms with Gasteiger partial charge in [0.05, 0.1) is 46.6 Å². The third-order valence-corrected chi connectivity index (χ3v) is 5.49. The van der Waals surface area contributed by atoms with Crippen LogP contribution in [0.25, 0.3) is 0 Å². The molecule has 0 aliphatic rings. The average Bonchev–Trinajstić information content (AvgIpc) is 3.44. The van der Waals surface area contributed by atoms with E-state index >= 15 is 0 Å². The first-order chi connectivity index (χ1) is 14.8. The van der Waals surface area contributed by atoms with Gasteiger partial charge in [0.1, 0.15) is 0 Å². The fourth-order valence-electron chi connectivity index (χ4n) is 2.93. The van der Waals surface area contributed by atoms with Crippen LogP contribution in [0.4, 0.5) is 18.9 Å². The van der Waals surface area contributed by atoms with Gasteiger partial charge < -0.3 is 5.32 Å². The summed E-state index contributed by atoms with van der Waals surface area (Å²) in [6, 6.07) is 6.82. The molecule has 4 aromatic rings. The van der Waals surface area contributed by atoms with Crippen LogP contribution >= 0.6 is 22.9 Å². The number of carbonyl (C=O) groups is 1. The van der Waals surface area contributed by atoms with Crippen LogP contribution in [0, 0.1) is 0 Å². The molecule has 0 unspecified atom stereocenters. The molecule has 3 aromatic heterocycles. The monoisotopic (exact) mass is 465 g/mol. The number of hydrogen-bond acceptors (Lipinski definition) is 4. The maximum absolute atomic E-state index is 12.9. The standard InChI is InChI=1S/C20H15ClF3N5OS/c21-16-6-25-28(10-16)9-14-5-18(31-12-14)19(30)27-17-7-26-29(11-17)8-13-2-1-3-15(4-13)20(22,23)24/h1-7,10-12H,8-9H2,(H,27,30). The molecule has 0 spiro atoms. The van der Waals surface area contributed by atoms with Crippen LogP contribution in [0.5, 0.6) is 0 Å². The normalized spacial score (nSPS) is 11.6. The Morgan fingerprint density at radius 1 is 1.06 bits per heavy atom. The van der Waals surface area contributed by atoms with Gasteiger partial charge in [0, 0.05) is 12.4 Å². The van der Waals surface area contributed by atoms with Crippen LogP contribution in [0.15, 0.2) is 60.5 Å². The second-order valence-electron chi connectivity index (χ2n) is 6.75. The van der Waals surface area contributed by atoms with Gasteiger partial charge in [-0.3, -0.25) is 14.2 Å². The van der Waals surface area contributed by atoms with E-state index < -0.39 is 11.7 Å². The number of rotatable bonds is 6. The number of amides is 1. The number of halogens is 4. The minimum Gasteiger partial charge on any atom is -0.319 e. The van der Waals surface area contributed by atoms with E-state index in [1.807, 2.05) is 5.38 Å². The third kappa shape index (κ3) is 5.33. The molecule has 160 valence electrons. The Kier molecular flexibility index (Phi) is 5.84. The second kappa shape index (κ2) is 8.56. The van der Waals surface area contributed by atoms with Crippen molar-refractivity contribution >= 4 is 34.5 Å². The summed E-state index contributed by atoms with van der Waals surface area (Å²) in [5.41, 5.74) is 1.11. The predicted molar refractivity (Wildman–Crippen MR) is 111 cm³/mol. The number of anilines is 1. The van der Waals surface area contributed by atoms with Crippen LogP contribution in [-0.2, 0) is 19.3 Å². The molecule has 0 atom stereocenters. The maximum Gasteiger partial charge on any atom is 0.416 e. The molecule has 0 saturated carbocycles. The van der Waals surface area contributed by atoms with Crippen LogP contribution < -0.4 is 5.32 Å². The van der Waals surface area contributed by atoms with Gasteiger partial charge in [0.2, 0.25) is 0 Å². The molecular formula is C20H15ClF3N5OS. The summed E-state index contributed by atoms with van der Waals surface area (Å²) in [6.07, 6.45) is 1.85. The maximum atomic E-state index is 12.9. The Hall–Kier alpha value is -3.11. The fraction of sp³-hybridized carbons (Fsp3) is 0.150. The topological polar surface area (TPSA) is 64.7 Å². The Labute approximate surface area is 183 Å². The molecule has 0 bridgehead atoms. The fourth-order valence-corrected chi connectivity index (χ4v) is 3.88. The Morgan fingerprint density at radius 2 is 1.81 bits per heavy atom. The molecule has 4 rings (SSSR count). The molecule has 0 aliphatic heterocycles. The largest absolute Gasteiger partial charge is 0.416 e. The average molecular weight is 466 g/mol. The van der Waals surface area contributed by atoms with E-state index in [0.29, 0.717) is 27.7 Å². The van der Waals surface area contributed by atoms with Crippen LogP contribution in [0.3, 0.4) is 0 Å². The predicted octanol–water partition coefficient (Wildman–Crippen LogP) is 5.16. The molecule has 11 heteroatoms. The highest BCUT2D eigenvalue weighted by molar-refractivity contribution is 7.12. The zero-order chi connectivity index (χ0) is 22.0. The van der Waals surface area contributed by atoms with E-state index in [9.17, 15) is 18.0 Å². The van der Waals surface area contributed by atoms with E-state index in [0.717, 1.165) is 17.7 Å². The van der Waals surface area contributed by atoms with Gasteiger partial charge in [0.15, 0.2) is 0 Å². The SMILES string of the molecule is O=C(Nc1cnn(Cc2cccc(C(F)(F)F)c2)c1)c1cc(Cn2cc(Cl)cn2)cs1. The van der Waals surface area contributed by atoms with Crippen LogP contribution in [0.2, 0.25) is 5.02 Å². The Bertz CT molecular complexity index is 1210. The summed E-state index contributed by atoms with van der Waals surface area (Å²) < 4.78 is 41.7. The number of nitrogens with zero attached hydrogens (tertiary/aromatic N) is 4. The van der Waals surface area contributed by atoms with Gasteiger partial charge in [-0.15, -0.1) is 11.3 Å². The van der Waals surface area contributed by atoms with Crippen molar-refractivity contribution in [2.45, 2.75) is 19.3 Å². The van der Waals surface area contributed by atoms with Gasteiger partial charge in [-0.25, -0.2) is 0 Å². The minimum atomic E-state index is -4.40. The zero-order valence-corrected chi connectivity index (χ0v) is 17.4. The van der Waals surface area contributed by atoms with Crippen LogP contribution in [-0.4, -0.2) is 25.5 Å². The minimum absolute atomic E-state index is 0.148. The summed E-state index contributed by atoms with van der Waals surface area (Å²) in [5, 5.41) is 13.4. The second-order valence-corrected chi connectivity index (χ2v) is 8.10. The first kappa shape index (κ1) is 21.1. The molecule has 0 saturated heterocycles. The van der Waals surface area contributed by atoms with Crippen molar-refractivity contribution in [2.24, 2.45) is 0 Å². The number of alkyl halides is 3. The molecule has 31 heavy (non-hydrogen) atoms. The lowest BCUT2D eigenvalue weighted by atomic mass is 10.1. The first-order valence-electron chi connectivity index (χ1n) is 9.01. The van der Waals surface area contributed by atoms with Crippen LogP contribution in [0.1, 0.15) is 26.4 Å². The molecule has 1 aromatic carbocycles. The number of nitrogens with one attached hydrogen (secondary N) is 1. The van der Waals surface area contributed by atoms with E-state index in [1.165, 1.54) is 28.3 Å². The van der Waals surface area contributed by atoms with Gasteiger partial charge in [-0.1, -0.05) is 23.7 Å². The first-order valence-corrected chi connectivity index (χ1v) is 10.3. The summed E-state index contributed by atoms with van der Waals surface area (Å²) in [6.45, 7) is 0.640. The van der Waals surface area contributed by atoms with Crippen molar-refractivity contribution in [3.63, 3.8) is 0 Å². The molecule has 0 aliphatic carbocycles. The highest BCUT2D eigenvalue weighted by Gasteiger charge is 2.30. The van der Waals surface area contributed by atoms with Crippen molar-refractivity contribution < 1.29 is 18.0 Å². The lowest BCUT2D eigenvalue weighted by Gasteiger charge is -2.08. The Morgan fingerprint density at radius 3 is 2.55 bits per heavy atom. The van der Waals surface area contributed by atoms with E-state index in [2.05, 4.69) is 15.5 Å². The summed E-state index contributed by atoms with van der Waals surface area (Å²) >= 11 is 7.15. The van der Waals surface area contributed by atoms with Gasteiger partial charge in [-0.2, -0.15) is 23.4 Å². The van der Waals surface area contributed by atoms with E-state index in [4.69, 9.17) is 11.6 Å². The van der Waals surface area contributed by atoms with Gasteiger partial charge >= 0.3 is 6.18 Å². The van der Waals surface area contributed by atoms with Crippen molar-refractivity contribution in [3.05, 3.63) is 87.1 Å². The molecule has 0 fully saturated rings. The molecule has 6 nitrogen and oxygen atoms in total. The third-order valence-electron chi connectivity index (χ3n) is 4.31. The highest BCUT2D eigenvalue weighted by atomic mass is 35.5. The van der Waals surface area contributed by atoms with E-state index in [-0.39, 0.29) is 12.5 Å².